The minimum absolute atomic E-state index is 0.169. The highest BCUT2D eigenvalue weighted by atomic mass is 16.7. The second-order valence-corrected chi connectivity index (χ2v) is 7.08. The van der Waals surface area contributed by atoms with Gasteiger partial charge < -0.3 is 19.2 Å². The van der Waals surface area contributed by atoms with Crippen molar-refractivity contribution in [3.05, 3.63) is 59.2 Å². The van der Waals surface area contributed by atoms with E-state index < -0.39 is 29.7 Å². The molecule has 2 aromatic rings. The number of benzene rings is 2. The van der Waals surface area contributed by atoms with Gasteiger partial charge in [0, 0.05) is 12.6 Å². The van der Waals surface area contributed by atoms with Crippen LogP contribution < -0.4 is 9.47 Å². The normalized spacial score (nSPS) is 17.5. The lowest BCUT2D eigenvalue weighted by Gasteiger charge is -2.25. The smallest absolute Gasteiger partial charge is 0.355 e. The quantitative estimate of drug-likeness (QED) is 0.677. The van der Waals surface area contributed by atoms with Crippen LogP contribution in [0.3, 0.4) is 0 Å². The van der Waals surface area contributed by atoms with Gasteiger partial charge in [-0.25, -0.2) is 4.79 Å². The maximum Gasteiger partial charge on any atom is 0.355 e. The van der Waals surface area contributed by atoms with Crippen molar-refractivity contribution < 1.29 is 33.5 Å². The highest BCUT2D eigenvalue weighted by Crippen LogP contribution is 2.30. The minimum atomic E-state index is -0.927. The largest absolute Gasteiger partial charge is 0.497 e. The molecule has 0 aromatic heterocycles. The molecule has 1 atom stereocenters. The number of likely N-dealkylation sites (tertiary alicyclic amines) is 1. The Labute approximate surface area is 178 Å². The number of nitrogens with zero attached hydrogens (tertiary/aromatic N) is 2. The zero-order valence-corrected chi connectivity index (χ0v) is 17.0. The Hall–Kier alpha value is -3.88. The minimum Gasteiger partial charge on any atom is -0.497 e. The van der Waals surface area contributed by atoms with Crippen LogP contribution in [-0.2, 0) is 9.63 Å². The first-order chi connectivity index (χ1) is 15.0. The number of amides is 3. The molecule has 0 radical (unpaired) electrons. The number of fused-ring (bicyclic) bond motifs is 1. The third kappa shape index (κ3) is 3.48. The van der Waals surface area contributed by atoms with Gasteiger partial charge in [-0.15, -0.1) is 0 Å². The molecule has 0 bridgehead atoms. The third-order valence-corrected chi connectivity index (χ3v) is 5.36. The van der Waals surface area contributed by atoms with E-state index in [4.69, 9.17) is 14.3 Å². The second kappa shape index (κ2) is 8.10. The summed E-state index contributed by atoms with van der Waals surface area (Å²) in [6, 6.07) is 10.1. The summed E-state index contributed by atoms with van der Waals surface area (Å²) in [5, 5.41) is 0.460. The number of carbonyl (C=O) groups excluding carboxylic acids is 4. The molecule has 0 aliphatic carbocycles. The van der Waals surface area contributed by atoms with E-state index in [9.17, 15) is 19.2 Å². The summed E-state index contributed by atoms with van der Waals surface area (Å²) in [4.78, 5) is 57.4. The lowest BCUT2D eigenvalue weighted by atomic mass is 10.1. The van der Waals surface area contributed by atoms with Crippen molar-refractivity contribution in [3.8, 4) is 11.5 Å². The average molecular weight is 424 g/mol. The monoisotopic (exact) mass is 424 g/mol. The highest BCUT2D eigenvalue weighted by Gasteiger charge is 2.43. The Morgan fingerprint density at radius 3 is 2.26 bits per heavy atom. The molecule has 31 heavy (non-hydrogen) atoms. The van der Waals surface area contributed by atoms with E-state index in [2.05, 4.69) is 0 Å². The summed E-state index contributed by atoms with van der Waals surface area (Å²) in [7, 11) is 2.94. The number of rotatable bonds is 5. The van der Waals surface area contributed by atoms with Crippen LogP contribution in [-0.4, -0.2) is 60.5 Å². The zero-order chi connectivity index (χ0) is 22.1. The van der Waals surface area contributed by atoms with E-state index in [1.165, 1.54) is 31.3 Å². The summed E-state index contributed by atoms with van der Waals surface area (Å²) >= 11 is 0. The number of hydroxylamine groups is 2. The van der Waals surface area contributed by atoms with Gasteiger partial charge in [0.05, 0.1) is 30.9 Å². The van der Waals surface area contributed by atoms with Crippen molar-refractivity contribution in [1.82, 2.24) is 9.96 Å². The molecule has 1 fully saturated rings. The van der Waals surface area contributed by atoms with E-state index in [1.807, 2.05) is 0 Å². The van der Waals surface area contributed by atoms with Gasteiger partial charge in [-0.2, -0.15) is 0 Å². The predicted molar refractivity (Wildman–Crippen MR) is 107 cm³/mol. The Morgan fingerprint density at radius 2 is 1.65 bits per heavy atom. The Kier molecular flexibility index (Phi) is 5.33. The van der Waals surface area contributed by atoms with Crippen molar-refractivity contribution in [1.29, 1.82) is 0 Å². The first kappa shape index (κ1) is 20.4. The summed E-state index contributed by atoms with van der Waals surface area (Å²) in [5.74, 6) is -1.84. The number of hydrogen-bond acceptors (Lipinski definition) is 7. The van der Waals surface area contributed by atoms with Crippen LogP contribution in [0.5, 0.6) is 11.5 Å². The maximum absolute atomic E-state index is 13.1. The molecule has 2 heterocycles. The lowest BCUT2D eigenvalue weighted by molar-refractivity contribution is -0.173. The van der Waals surface area contributed by atoms with Crippen LogP contribution in [0.4, 0.5) is 0 Å². The Bertz CT molecular complexity index is 1050. The SMILES string of the molecule is COc1ccc(C(=O)N2CCCC2C(=O)ON2C(=O)c3ccccc3C2=O)c(OC)c1. The Morgan fingerprint density at radius 1 is 0.968 bits per heavy atom. The number of methoxy groups -OCH3 is 2. The molecular weight excluding hydrogens is 404 g/mol. The van der Waals surface area contributed by atoms with Crippen LogP contribution in [0.15, 0.2) is 42.5 Å². The van der Waals surface area contributed by atoms with E-state index in [0.29, 0.717) is 35.9 Å². The van der Waals surface area contributed by atoms with Gasteiger partial charge in [0.1, 0.15) is 17.5 Å². The fourth-order valence-corrected chi connectivity index (χ4v) is 3.79. The topological polar surface area (TPSA) is 102 Å². The van der Waals surface area contributed by atoms with E-state index >= 15 is 0 Å². The number of hydrogen-bond donors (Lipinski definition) is 0. The first-order valence-corrected chi connectivity index (χ1v) is 9.69. The van der Waals surface area contributed by atoms with E-state index in [1.54, 1.807) is 30.3 Å². The van der Waals surface area contributed by atoms with Crippen LogP contribution >= 0.6 is 0 Å². The molecular formula is C22H20N2O7. The van der Waals surface area contributed by atoms with Gasteiger partial charge in [-0.3, -0.25) is 14.4 Å². The predicted octanol–water partition coefficient (Wildman–Crippen LogP) is 2.06. The molecule has 9 heteroatoms. The van der Waals surface area contributed by atoms with Gasteiger partial charge in [-0.1, -0.05) is 17.2 Å². The van der Waals surface area contributed by atoms with Gasteiger partial charge in [0.15, 0.2) is 0 Å². The van der Waals surface area contributed by atoms with E-state index in [0.717, 1.165) is 0 Å². The molecule has 1 saturated heterocycles. The first-order valence-electron chi connectivity index (χ1n) is 9.69. The van der Waals surface area contributed by atoms with E-state index in [-0.39, 0.29) is 16.7 Å². The third-order valence-electron chi connectivity index (χ3n) is 5.36. The second-order valence-electron chi connectivity index (χ2n) is 7.08. The van der Waals surface area contributed by atoms with Gasteiger partial charge in [0.25, 0.3) is 17.7 Å². The lowest BCUT2D eigenvalue weighted by Crippen LogP contribution is -2.45. The average Bonchev–Trinajstić information content (AvgIpc) is 3.38. The fourth-order valence-electron chi connectivity index (χ4n) is 3.79. The van der Waals surface area contributed by atoms with Crippen molar-refractivity contribution in [2.75, 3.05) is 20.8 Å². The van der Waals surface area contributed by atoms with Crippen LogP contribution in [0, 0.1) is 0 Å². The van der Waals surface area contributed by atoms with Crippen LogP contribution in [0.1, 0.15) is 43.9 Å². The molecule has 3 amide bonds. The van der Waals surface area contributed by atoms with Crippen molar-refractivity contribution in [2.45, 2.75) is 18.9 Å². The fraction of sp³-hybridized carbons (Fsp3) is 0.273. The molecule has 0 saturated carbocycles. The standard InChI is InChI=1S/C22H20N2O7/c1-29-13-9-10-16(18(12-13)30-2)19(25)23-11-5-8-17(23)22(28)31-24-20(26)14-6-3-4-7-15(14)21(24)27/h3-4,6-7,9-10,12,17H,5,8,11H2,1-2H3. The molecule has 0 N–H and O–H groups in total. The summed E-state index contributed by atoms with van der Waals surface area (Å²) in [6.07, 6.45) is 0.929. The van der Waals surface area contributed by atoms with Crippen molar-refractivity contribution in [2.24, 2.45) is 0 Å². The van der Waals surface area contributed by atoms with Crippen LogP contribution in [0.2, 0.25) is 0 Å². The molecule has 160 valence electrons. The molecule has 9 nitrogen and oxygen atoms in total. The molecule has 0 spiro atoms. The van der Waals surface area contributed by atoms with Gasteiger partial charge in [-0.05, 0) is 37.1 Å². The van der Waals surface area contributed by atoms with Crippen molar-refractivity contribution >= 4 is 23.7 Å². The number of carbonyl (C=O) groups is 4. The van der Waals surface area contributed by atoms with Gasteiger partial charge in [0.2, 0.25) is 0 Å². The molecule has 2 aromatic carbocycles. The zero-order valence-electron chi connectivity index (χ0n) is 17.0. The molecule has 1 unspecified atom stereocenters. The molecule has 2 aliphatic heterocycles. The highest BCUT2D eigenvalue weighted by molar-refractivity contribution is 6.21. The summed E-state index contributed by atoms with van der Waals surface area (Å²) in [5.41, 5.74) is 0.606. The molecule has 4 rings (SSSR count). The summed E-state index contributed by atoms with van der Waals surface area (Å²) < 4.78 is 10.4. The van der Waals surface area contributed by atoms with Crippen molar-refractivity contribution in [3.63, 3.8) is 0 Å². The van der Waals surface area contributed by atoms with Crippen LogP contribution in [0.25, 0.3) is 0 Å². The number of ether oxygens (including phenoxy) is 2. The Balaban J connectivity index is 1.53. The number of imide groups is 1. The maximum atomic E-state index is 13.1. The molecule has 2 aliphatic rings. The van der Waals surface area contributed by atoms with Gasteiger partial charge >= 0.3 is 5.97 Å². The summed E-state index contributed by atoms with van der Waals surface area (Å²) in [6.45, 7) is 0.329.